The van der Waals surface area contributed by atoms with Crippen LogP contribution in [0, 0.1) is 0 Å². The molecule has 0 aliphatic carbocycles. The highest BCUT2D eigenvalue weighted by Crippen LogP contribution is 2.22. The van der Waals surface area contributed by atoms with Gasteiger partial charge in [-0.15, -0.1) is 15.3 Å². The summed E-state index contributed by atoms with van der Waals surface area (Å²) in [6.07, 6.45) is 6.11. The minimum atomic E-state index is -0.679. The average molecular weight is 408 g/mol. The van der Waals surface area contributed by atoms with E-state index in [1.807, 2.05) is 65.4 Å². The number of nitrogens with one attached hydrogen (secondary N) is 1. The molecule has 0 saturated carbocycles. The third kappa shape index (κ3) is 4.11. The summed E-state index contributed by atoms with van der Waals surface area (Å²) in [5, 5.41) is 23.0. The Bertz CT molecular complexity index is 1070. The predicted octanol–water partition coefficient (Wildman–Crippen LogP) is 1.92. The van der Waals surface area contributed by atoms with E-state index in [2.05, 4.69) is 31.0 Å². The number of tetrazole rings is 1. The number of fused-ring (bicyclic) bond motifs is 1. The molecule has 0 bridgehead atoms. The molecule has 4 rings (SSSR count). The van der Waals surface area contributed by atoms with E-state index in [1.54, 1.807) is 11.8 Å². The number of pyridine rings is 1. The van der Waals surface area contributed by atoms with Gasteiger partial charge in [-0.2, -0.15) is 11.8 Å². The second-order valence-corrected chi connectivity index (χ2v) is 7.42. The maximum Gasteiger partial charge on any atom is 0.250 e. The molecule has 29 heavy (non-hydrogen) atoms. The van der Waals surface area contributed by atoms with Crippen molar-refractivity contribution in [1.29, 1.82) is 0 Å². The van der Waals surface area contributed by atoms with Crippen LogP contribution >= 0.6 is 11.8 Å². The zero-order valence-corrected chi connectivity index (χ0v) is 16.6. The number of thioether (sulfide) groups is 1. The van der Waals surface area contributed by atoms with Crippen LogP contribution in [0.1, 0.15) is 29.9 Å². The molecular formula is C19H20N8OS. The quantitative estimate of drug-likeness (QED) is 0.475. The first-order valence-corrected chi connectivity index (χ1v) is 10.5. The highest BCUT2D eigenvalue weighted by Gasteiger charge is 2.28. The second kappa shape index (κ2) is 8.82. The second-order valence-electron chi connectivity index (χ2n) is 6.43. The van der Waals surface area contributed by atoms with Crippen molar-refractivity contribution in [3.05, 3.63) is 72.4 Å². The molecule has 3 heterocycles. The van der Waals surface area contributed by atoms with Gasteiger partial charge in [0.15, 0.2) is 17.5 Å². The van der Waals surface area contributed by atoms with E-state index >= 15 is 0 Å². The summed E-state index contributed by atoms with van der Waals surface area (Å²) < 4.78 is 3.36. The first-order chi connectivity index (χ1) is 14.3. The number of nitrogens with zero attached hydrogens (tertiary/aromatic N) is 7. The van der Waals surface area contributed by atoms with Crippen LogP contribution < -0.4 is 5.32 Å². The maximum atomic E-state index is 13.4. The lowest BCUT2D eigenvalue weighted by Gasteiger charge is -2.22. The number of aromatic nitrogens is 7. The van der Waals surface area contributed by atoms with Crippen LogP contribution in [0.25, 0.3) is 5.65 Å². The van der Waals surface area contributed by atoms with E-state index < -0.39 is 6.04 Å². The van der Waals surface area contributed by atoms with Gasteiger partial charge in [-0.05, 0) is 46.6 Å². The standard InChI is InChI=1S/C19H20N8OS/c1-29-12-10-15(18-23-22-16-9-5-6-11-26(16)18)21-19(28)17(27-13-20-24-25-27)14-7-3-2-4-8-14/h2-9,11,13,15,17H,10,12H2,1H3,(H,21,28)/t15-,17+/m1/s1. The number of rotatable bonds is 8. The largest absolute Gasteiger partial charge is 0.344 e. The molecule has 4 aromatic rings. The fourth-order valence-corrected chi connectivity index (χ4v) is 3.67. The van der Waals surface area contributed by atoms with Gasteiger partial charge in [-0.3, -0.25) is 9.20 Å². The maximum absolute atomic E-state index is 13.4. The average Bonchev–Trinajstić information content (AvgIpc) is 3.42. The van der Waals surface area contributed by atoms with Crippen molar-refractivity contribution < 1.29 is 4.79 Å². The number of hydrogen-bond donors (Lipinski definition) is 1. The smallest absolute Gasteiger partial charge is 0.250 e. The molecule has 0 fully saturated rings. The summed E-state index contributed by atoms with van der Waals surface area (Å²) in [6, 6.07) is 14.2. The van der Waals surface area contributed by atoms with E-state index in [0.717, 1.165) is 23.4 Å². The minimum Gasteiger partial charge on any atom is -0.344 e. The van der Waals surface area contributed by atoms with Gasteiger partial charge in [0.25, 0.3) is 0 Å². The molecule has 0 radical (unpaired) electrons. The Hall–Kier alpha value is -3.27. The van der Waals surface area contributed by atoms with Crippen LogP contribution in [0.2, 0.25) is 0 Å². The van der Waals surface area contributed by atoms with Gasteiger partial charge in [-0.25, -0.2) is 4.68 Å². The summed E-state index contributed by atoms with van der Waals surface area (Å²) in [5.41, 5.74) is 1.54. The molecule has 0 aliphatic rings. The Labute approximate surface area is 171 Å². The lowest BCUT2D eigenvalue weighted by Crippen LogP contribution is -2.37. The van der Waals surface area contributed by atoms with Crippen molar-refractivity contribution in [3.63, 3.8) is 0 Å². The van der Waals surface area contributed by atoms with E-state index in [0.29, 0.717) is 5.82 Å². The lowest BCUT2D eigenvalue weighted by molar-refractivity contribution is -0.124. The van der Waals surface area contributed by atoms with Crippen LogP contribution in [0.15, 0.2) is 61.1 Å². The van der Waals surface area contributed by atoms with Crippen molar-refractivity contribution in [2.45, 2.75) is 18.5 Å². The highest BCUT2D eigenvalue weighted by atomic mass is 32.2. The van der Waals surface area contributed by atoms with Crippen LogP contribution in [-0.4, -0.2) is 52.7 Å². The first kappa shape index (κ1) is 19.1. The van der Waals surface area contributed by atoms with E-state index in [9.17, 15) is 4.79 Å². The normalized spacial score (nSPS) is 13.3. The van der Waals surface area contributed by atoms with Crippen LogP contribution in [0.4, 0.5) is 0 Å². The molecule has 10 heteroatoms. The van der Waals surface area contributed by atoms with Crippen LogP contribution in [-0.2, 0) is 4.79 Å². The Balaban J connectivity index is 1.66. The molecule has 1 N–H and O–H groups in total. The fourth-order valence-electron chi connectivity index (χ4n) is 3.20. The number of carbonyl (C=O) groups excluding carboxylic acids is 1. The highest BCUT2D eigenvalue weighted by molar-refractivity contribution is 7.98. The van der Waals surface area contributed by atoms with Gasteiger partial charge in [0, 0.05) is 6.20 Å². The molecule has 2 atom stereocenters. The van der Waals surface area contributed by atoms with Crippen molar-refractivity contribution in [2.75, 3.05) is 12.0 Å². The van der Waals surface area contributed by atoms with Gasteiger partial charge in [-0.1, -0.05) is 36.4 Å². The summed E-state index contributed by atoms with van der Waals surface area (Å²) in [7, 11) is 0. The Morgan fingerprint density at radius 3 is 2.72 bits per heavy atom. The van der Waals surface area contributed by atoms with Crippen LogP contribution in [0.3, 0.4) is 0 Å². The predicted molar refractivity (Wildman–Crippen MR) is 109 cm³/mol. The fraction of sp³-hybridized carbons (Fsp3) is 0.263. The molecule has 148 valence electrons. The molecule has 0 unspecified atom stereocenters. The van der Waals surface area contributed by atoms with Gasteiger partial charge in [0.2, 0.25) is 5.91 Å². The molecule has 0 spiro atoms. The Morgan fingerprint density at radius 2 is 1.97 bits per heavy atom. The van der Waals surface area contributed by atoms with E-state index in [-0.39, 0.29) is 11.9 Å². The van der Waals surface area contributed by atoms with Gasteiger partial charge >= 0.3 is 0 Å². The third-order valence-corrected chi connectivity index (χ3v) is 5.22. The van der Waals surface area contributed by atoms with E-state index in [4.69, 9.17) is 0 Å². The topological polar surface area (TPSA) is 103 Å². The van der Waals surface area contributed by atoms with Crippen LogP contribution in [0.5, 0.6) is 0 Å². The Kier molecular flexibility index (Phi) is 5.80. The molecule has 9 nitrogen and oxygen atoms in total. The molecule has 3 aromatic heterocycles. The molecule has 0 saturated heterocycles. The summed E-state index contributed by atoms with van der Waals surface area (Å²) >= 11 is 1.72. The number of amides is 1. The number of carbonyl (C=O) groups is 1. The van der Waals surface area contributed by atoms with E-state index in [1.165, 1.54) is 11.0 Å². The summed E-state index contributed by atoms with van der Waals surface area (Å²) in [5.74, 6) is 1.36. The van der Waals surface area contributed by atoms with Crippen molar-refractivity contribution in [1.82, 2.24) is 40.1 Å². The zero-order chi connectivity index (χ0) is 20.1. The van der Waals surface area contributed by atoms with Crippen molar-refractivity contribution in [3.8, 4) is 0 Å². The molecular weight excluding hydrogens is 388 g/mol. The van der Waals surface area contributed by atoms with Gasteiger partial charge < -0.3 is 5.32 Å². The summed E-state index contributed by atoms with van der Waals surface area (Å²) in [6.45, 7) is 0. The van der Waals surface area contributed by atoms with Gasteiger partial charge in [0.05, 0.1) is 6.04 Å². The number of hydrogen-bond acceptors (Lipinski definition) is 7. The van der Waals surface area contributed by atoms with Crippen molar-refractivity contribution >= 4 is 23.3 Å². The summed E-state index contributed by atoms with van der Waals surface area (Å²) in [4.78, 5) is 13.4. The Morgan fingerprint density at radius 1 is 1.14 bits per heavy atom. The molecule has 1 aromatic carbocycles. The lowest BCUT2D eigenvalue weighted by atomic mass is 10.1. The zero-order valence-electron chi connectivity index (χ0n) is 15.8. The first-order valence-electron chi connectivity index (χ1n) is 9.14. The monoisotopic (exact) mass is 408 g/mol. The van der Waals surface area contributed by atoms with Crippen molar-refractivity contribution in [2.24, 2.45) is 0 Å². The number of benzene rings is 1. The van der Waals surface area contributed by atoms with Gasteiger partial charge in [0.1, 0.15) is 6.33 Å². The molecule has 1 amide bonds. The third-order valence-electron chi connectivity index (χ3n) is 4.57. The minimum absolute atomic E-state index is 0.206. The SMILES string of the molecule is CSCC[C@@H](NC(=O)[C@H](c1ccccc1)n1cnnn1)c1nnc2ccccn12. The molecule has 0 aliphatic heterocycles.